The molecule has 0 heterocycles. The fraction of sp³-hybridized carbons (Fsp3) is 0.552. The number of carbonyl (C=O) groups is 7. The number of hydrogen-bond donors (Lipinski definition) is 9. The summed E-state index contributed by atoms with van der Waals surface area (Å²) in [5.41, 5.74) is 6.22. The van der Waals surface area contributed by atoms with Crippen molar-refractivity contribution >= 4 is 47.3 Å². The Morgan fingerprint density at radius 3 is 2.00 bits per heavy atom. The zero-order valence-electron chi connectivity index (χ0n) is 26.7. The van der Waals surface area contributed by atoms with Gasteiger partial charge in [-0.1, -0.05) is 32.9 Å². The highest BCUT2D eigenvalue weighted by Crippen LogP contribution is 2.13. The molecule has 0 fully saturated rings. The van der Waals surface area contributed by atoms with E-state index < -0.39 is 60.3 Å². The van der Waals surface area contributed by atoms with E-state index in [0.717, 1.165) is 6.42 Å². The van der Waals surface area contributed by atoms with Crippen molar-refractivity contribution in [1.82, 2.24) is 37.2 Å². The Bertz CT molecular complexity index is 1180. The van der Waals surface area contributed by atoms with E-state index in [-0.39, 0.29) is 38.6 Å². The first-order chi connectivity index (χ1) is 21.9. The predicted octanol–water partition coefficient (Wildman–Crippen LogP) is -1.21. The third kappa shape index (κ3) is 16.8. The third-order valence-electron chi connectivity index (χ3n) is 6.21. The summed E-state index contributed by atoms with van der Waals surface area (Å²) in [5, 5.41) is 20.4. The molecular formula is C29H47N9O8. The Balaban J connectivity index is 2.83. The number of amides is 8. The number of likely N-dealkylation sites (N-methyl/N-ethyl adjacent to an activating group) is 1. The van der Waals surface area contributed by atoms with Crippen molar-refractivity contribution < 1.29 is 38.3 Å². The summed E-state index contributed by atoms with van der Waals surface area (Å²) >= 11 is 0. The van der Waals surface area contributed by atoms with Gasteiger partial charge in [0.15, 0.2) is 0 Å². The molecule has 256 valence electrons. The Kier molecular flexibility index (Phi) is 18.5. The quantitative estimate of drug-likeness (QED) is 0.0767. The van der Waals surface area contributed by atoms with E-state index >= 15 is 0 Å². The van der Waals surface area contributed by atoms with Crippen molar-refractivity contribution in [3.05, 3.63) is 29.8 Å². The summed E-state index contributed by atoms with van der Waals surface area (Å²) in [6, 6.07) is 3.75. The highest BCUT2D eigenvalue weighted by atomic mass is 16.5. The van der Waals surface area contributed by atoms with Crippen LogP contribution in [0.25, 0.3) is 0 Å². The number of hydrogen-bond acceptors (Lipinski definition) is 9. The average molecular weight is 650 g/mol. The number of anilines is 1. The minimum Gasteiger partial charge on any atom is -0.445 e. The lowest BCUT2D eigenvalue weighted by atomic mass is 10.0. The van der Waals surface area contributed by atoms with Crippen LogP contribution in [0.15, 0.2) is 24.3 Å². The number of alkyl carbamates (subject to hydrolysis) is 1. The molecule has 0 aliphatic carbocycles. The molecule has 17 heteroatoms. The number of nitrogens with two attached hydrogens (primary N) is 1. The molecule has 8 amide bonds. The molecule has 0 aromatic heterocycles. The molecular weight excluding hydrogens is 602 g/mol. The van der Waals surface area contributed by atoms with E-state index in [1.807, 2.05) is 6.92 Å². The molecule has 0 spiro atoms. The zero-order valence-corrected chi connectivity index (χ0v) is 26.7. The van der Waals surface area contributed by atoms with Crippen molar-refractivity contribution in [1.29, 1.82) is 0 Å². The van der Waals surface area contributed by atoms with Crippen LogP contribution in [0, 0.1) is 5.92 Å². The Morgan fingerprint density at radius 1 is 0.783 bits per heavy atom. The lowest BCUT2D eigenvalue weighted by Crippen LogP contribution is -2.56. The van der Waals surface area contributed by atoms with Gasteiger partial charge in [-0.3, -0.25) is 24.0 Å². The van der Waals surface area contributed by atoms with Crippen LogP contribution in [-0.4, -0.2) is 93.5 Å². The van der Waals surface area contributed by atoms with Gasteiger partial charge in [-0.25, -0.2) is 9.59 Å². The molecule has 0 aliphatic heterocycles. The number of urea groups is 1. The first-order valence-electron chi connectivity index (χ1n) is 15.0. The average Bonchev–Trinajstić information content (AvgIpc) is 3.01. The molecule has 0 unspecified atom stereocenters. The molecule has 2 atom stereocenters. The van der Waals surface area contributed by atoms with Crippen LogP contribution in [0.3, 0.4) is 0 Å². The fourth-order valence-electron chi connectivity index (χ4n) is 3.79. The molecule has 1 rings (SSSR count). The molecule has 1 aromatic rings. The van der Waals surface area contributed by atoms with Gasteiger partial charge < -0.3 is 53.0 Å². The second-order valence-electron chi connectivity index (χ2n) is 10.6. The summed E-state index contributed by atoms with van der Waals surface area (Å²) in [4.78, 5) is 85.2. The van der Waals surface area contributed by atoms with Crippen LogP contribution >= 0.6 is 0 Å². The number of nitrogens with one attached hydrogen (secondary N) is 8. The third-order valence-corrected chi connectivity index (χ3v) is 6.21. The topological polar surface area (TPSA) is 251 Å². The van der Waals surface area contributed by atoms with Crippen LogP contribution in [0.2, 0.25) is 0 Å². The van der Waals surface area contributed by atoms with Crippen molar-refractivity contribution in [2.75, 3.05) is 45.1 Å². The molecule has 0 radical (unpaired) electrons. The summed E-state index contributed by atoms with van der Waals surface area (Å²) in [6.45, 7) is 5.29. The fourth-order valence-corrected chi connectivity index (χ4v) is 3.79. The second-order valence-corrected chi connectivity index (χ2v) is 10.6. The van der Waals surface area contributed by atoms with Crippen molar-refractivity contribution in [3.63, 3.8) is 0 Å². The van der Waals surface area contributed by atoms with Crippen LogP contribution in [0.4, 0.5) is 15.3 Å². The zero-order chi connectivity index (χ0) is 34.5. The largest absolute Gasteiger partial charge is 0.445 e. The van der Waals surface area contributed by atoms with Crippen molar-refractivity contribution in [3.8, 4) is 0 Å². The molecule has 1 aromatic carbocycles. The van der Waals surface area contributed by atoms with Gasteiger partial charge in [0.25, 0.3) is 0 Å². The normalized spacial score (nSPS) is 11.8. The van der Waals surface area contributed by atoms with Crippen LogP contribution in [-0.2, 0) is 35.3 Å². The number of ether oxygens (including phenoxy) is 1. The lowest BCUT2D eigenvalue weighted by Gasteiger charge is -2.25. The van der Waals surface area contributed by atoms with Crippen molar-refractivity contribution in [2.24, 2.45) is 11.7 Å². The van der Waals surface area contributed by atoms with E-state index in [2.05, 4.69) is 42.5 Å². The maximum atomic E-state index is 13.3. The highest BCUT2D eigenvalue weighted by Gasteiger charge is 2.29. The maximum Gasteiger partial charge on any atom is 0.407 e. The van der Waals surface area contributed by atoms with Gasteiger partial charge >= 0.3 is 12.1 Å². The highest BCUT2D eigenvalue weighted by molar-refractivity contribution is 5.98. The molecule has 17 nitrogen and oxygen atoms in total. The van der Waals surface area contributed by atoms with Crippen molar-refractivity contribution in [2.45, 2.75) is 58.7 Å². The summed E-state index contributed by atoms with van der Waals surface area (Å²) in [5.74, 6) is -3.20. The van der Waals surface area contributed by atoms with Gasteiger partial charge in [-0.05, 0) is 49.9 Å². The number of rotatable bonds is 20. The first-order valence-corrected chi connectivity index (χ1v) is 15.0. The Hall–Kier alpha value is -4.93. The molecule has 0 aliphatic rings. The van der Waals surface area contributed by atoms with Gasteiger partial charge in [0.1, 0.15) is 18.7 Å². The smallest absolute Gasteiger partial charge is 0.407 e. The molecule has 0 bridgehead atoms. The van der Waals surface area contributed by atoms with Crippen LogP contribution in [0.1, 0.15) is 45.6 Å². The van der Waals surface area contributed by atoms with Gasteiger partial charge in [-0.2, -0.15) is 0 Å². The van der Waals surface area contributed by atoms with Gasteiger partial charge in [0.05, 0.1) is 19.6 Å². The second kappa shape index (κ2) is 21.7. The van der Waals surface area contributed by atoms with E-state index in [0.29, 0.717) is 24.2 Å². The number of primary amides is 1. The Morgan fingerprint density at radius 2 is 1.41 bits per heavy atom. The van der Waals surface area contributed by atoms with Crippen LogP contribution in [0.5, 0.6) is 0 Å². The van der Waals surface area contributed by atoms with Gasteiger partial charge in [0, 0.05) is 18.8 Å². The minimum absolute atomic E-state index is 0.0296. The number of benzene rings is 1. The SMILES string of the molecule is CCCNC(=O)OCc1ccc(NC(=O)[C@H](CCCNC(N)=O)NC(=O)[C@@H](NC(=O)CNC(=O)CNC(=O)CNC)C(C)C)cc1. The Labute approximate surface area is 268 Å². The monoisotopic (exact) mass is 649 g/mol. The maximum absolute atomic E-state index is 13.3. The molecule has 0 saturated heterocycles. The van der Waals surface area contributed by atoms with Gasteiger partial charge in [-0.15, -0.1) is 0 Å². The first kappa shape index (κ1) is 39.1. The summed E-state index contributed by atoms with van der Waals surface area (Å²) in [7, 11) is 1.58. The van der Waals surface area contributed by atoms with Gasteiger partial charge in [0.2, 0.25) is 29.5 Å². The van der Waals surface area contributed by atoms with Crippen LogP contribution < -0.4 is 48.3 Å². The standard InChI is InChI=1S/C29H47N9O8/c1-5-12-33-29(45)46-17-19-8-10-20(11-9-19)36-26(42)21(7-6-13-32-28(30)44)37-27(43)25(18(2)3)38-24(41)16-35-23(40)15-34-22(39)14-31-4/h8-11,18,21,25,31H,5-7,12-17H2,1-4H3,(H,33,45)(H,34,39)(H,35,40)(H,36,42)(H,37,43)(H,38,41)(H3,30,32,44)/t21-,25-/m0/s1. The predicted molar refractivity (Wildman–Crippen MR) is 169 cm³/mol. The lowest BCUT2D eigenvalue weighted by molar-refractivity contribution is -0.132. The molecule has 46 heavy (non-hydrogen) atoms. The number of carbonyl (C=O) groups excluding carboxylic acids is 7. The van der Waals surface area contributed by atoms with E-state index in [1.54, 1.807) is 45.2 Å². The molecule has 10 N–H and O–H groups in total. The minimum atomic E-state index is -1.05. The summed E-state index contributed by atoms with van der Waals surface area (Å²) in [6.07, 6.45) is 0.674. The van der Waals surface area contributed by atoms with E-state index in [1.165, 1.54) is 0 Å². The molecule has 0 saturated carbocycles. The van der Waals surface area contributed by atoms with E-state index in [4.69, 9.17) is 10.5 Å². The summed E-state index contributed by atoms with van der Waals surface area (Å²) < 4.78 is 5.14. The van der Waals surface area contributed by atoms with E-state index in [9.17, 15) is 33.6 Å².